The van der Waals surface area contributed by atoms with Crippen LogP contribution in [0.1, 0.15) is 22.5 Å². The molecular weight excluding hydrogens is 561 g/mol. The number of hydrogen-bond acceptors (Lipinski definition) is 7. The number of carbonyl (C=O) groups is 1. The largest absolute Gasteiger partial charge is 0.488 e. The summed E-state index contributed by atoms with van der Waals surface area (Å²) in [6.07, 6.45) is 7.23. The first-order valence-electron chi connectivity index (χ1n) is 11.5. The minimum atomic E-state index is -0.421. The van der Waals surface area contributed by atoms with E-state index < -0.39 is 5.78 Å². The molecule has 39 heavy (non-hydrogen) atoms. The van der Waals surface area contributed by atoms with Crippen LogP contribution in [0.25, 0.3) is 11.8 Å². The van der Waals surface area contributed by atoms with Crippen molar-refractivity contribution in [1.29, 1.82) is 0 Å². The van der Waals surface area contributed by atoms with Crippen molar-refractivity contribution >= 4 is 58.3 Å². The van der Waals surface area contributed by atoms with Gasteiger partial charge < -0.3 is 14.7 Å². The quantitative estimate of drug-likeness (QED) is 0.0550. The number of para-hydroxylation sites is 1. The Morgan fingerprint density at radius 2 is 1.72 bits per heavy atom. The second-order valence-corrected chi connectivity index (χ2v) is 9.11. The van der Waals surface area contributed by atoms with E-state index in [0.29, 0.717) is 32.6 Å². The smallest absolute Gasteiger partial charge is 0.283 e. The molecule has 7 nitrogen and oxygen atoms in total. The lowest BCUT2D eigenvalue weighted by molar-refractivity contribution is -0.110. The lowest BCUT2D eigenvalue weighted by Gasteiger charge is -2.16. The summed E-state index contributed by atoms with van der Waals surface area (Å²) >= 11 is 18.5. The van der Waals surface area contributed by atoms with E-state index in [9.17, 15) is 10.0 Å². The minimum absolute atomic E-state index is 0.0259. The Labute approximate surface area is 239 Å². The maximum atomic E-state index is 13.0. The van der Waals surface area contributed by atoms with Crippen molar-refractivity contribution in [3.63, 3.8) is 0 Å². The number of halogens is 3. The molecule has 196 valence electrons. The first kappa shape index (κ1) is 27.9. The summed E-state index contributed by atoms with van der Waals surface area (Å²) in [4.78, 5) is 21.3. The number of allylic oxidation sites excluding steroid dienone is 2. The van der Waals surface area contributed by atoms with Gasteiger partial charge in [0.15, 0.2) is 5.78 Å². The van der Waals surface area contributed by atoms with E-state index in [4.69, 9.17) is 44.3 Å². The van der Waals surface area contributed by atoms with Crippen molar-refractivity contribution in [1.82, 2.24) is 9.97 Å². The van der Waals surface area contributed by atoms with Crippen LogP contribution in [0.2, 0.25) is 15.1 Å². The molecule has 0 aliphatic heterocycles. The topological polar surface area (TPSA) is 93.9 Å². The zero-order chi connectivity index (χ0) is 27.6. The molecule has 0 fully saturated rings. The molecule has 4 rings (SSSR count). The van der Waals surface area contributed by atoms with E-state index in [1.165, 1.54) is 18.3 Å². The Morgan fingerprint density at radius 1 is 0.923 bits per heavy atom. The fraction of sp³-hybridized carbons (Fsp3) is 0.0345. The number of benzene rings is 2. The fourth-order valence-electron chi connectivity index (χ4n) is 3.34. The highest BCUT2D eigenvalue weighted by atomic mass is 35.5. The van der Waals surface area contributed by atoms with E-state index in [1.807, 2.05) is 6.07 Å². The third-order valence-electron chi connectivity index (χ3n) is 5.19. The van der Waals surface area contributed by atoms with Crippen LogP contribution in [0.15, 0.2) is 102 Å². The SMILES string of the molecule is O=C(C=Cc1ccccn1)C=C(OC(=NO)c1ncccc1Cl)c1ccccc1OCc1ccc(Cl)cc1Cl. The van der Waals surface area contributed by atoms with Gasteiger partial charge in [0.25, 0.3) is 5.90 Å². The van der Waals surface area contributed by atoms with Crippen molar-refractivity contribution in [2.75, 3.05) is 0 Å². The van der Waals surface area contributed by atoms with Crippen molar-refractivity contribution in [2.45, 2.75) is 6.61 Å². The van der Waals surface area contributed by atoms with Gasteiger partial charge in [0.1, 0.15) is 23.8 Å². The summed E-state index contributed by atoms with van der Waals surface area (Å²) in [6.45, 7) is 0.112. The highest BCUT2D eigenvalue weighted by molar-refractivity contribution is 6.35. The zero-order valence-corrected chi connectivity index (χ0v) is 22.4. The molecule has 10 heteroatoms. The number of rotatable bonds is 9. The van der Waals surface area contributed by atoms with Crippen molar-refractivity contribution in [3.8, 4) is 5.75 Å². The molecule has 4 aromatic rings. The first-order chi connectivity index (χ1) is 18.9. The molecule has 0 unspecified atom stereocenters. The molecule has 0 amide bonds. The monoisotopic (exact) mass is 579 g/mol. The number of pyridine rings is 2. The Kier molecular flexibility index (Phi) is 9.69. The number of nitrogens with zero attached hydrogens (tertiary/aromatic N) is 3. The molecule has 0 spiro atoms. The minimum Gasteiger partial charge on any atom is -0.488 e. The van der Waals surface area contributed by atoms with Gasteiger partial charge in [-0.25, -0.2) is 4.98 Å². The average Bonchev–Trinajstić information content (AvgIpc) is 2.95. The third kappa shape index (κ3) is 7.67. The summed E-state index contributed by atoms with van der Waals surface area (Å²) in [5, 5.41) is 14.1. The van der Waals surface area contributed by atoms with E-state index in [-0.39, 0.29) is 29.0 Å². The number of carbonyl (C=O) groups excluding carboxylic acids is 1. The van der Waals surface area contributed by atoms with Gasteiger partial charge in [0.05, 0.1) is 16.3 Å². The molecule has 0 aliphatic rings. The molecule has 1 N–H and O–H groups in total. The summed E-state index contributed by atoms with van der Waals surface area (Å²) in [6, 6.07) is 20.5. The number of ether oxygens (including phenoxy) is 2. The molecule has 2 aromatic carbocycles. The van der Waals surface area contributed by atoms with Gasteiger partial charge in [-0.2, -0.15) is 0 Å². The van der Waals surface area contributed by atoms with Crippen LogP contribution < -0.4 is 4.74 Å². The number of hydrogen-bond donors (Lipinski definition) is 1. The van der Waals surface area contributed by atoms with E-state index in [0.717, 1.165) is 0 Å². The molecule has 0 atom stereocenters. The summed E-state index contributed by atoms with van der Waals surface area (Å²) in [5.74, 6) is -0.335. The lowest BCUT2D eigenvalue weighted by Crippen LogP contribution is -2.11. The predicted octanol–water partition coefficient (Wildman–Crippen LogP) is 7.49. The highest BCUT2D eigenvalue weighted by Gasteiger charge is 2.19. The molecule has 0 radical (unpaired) electrons. The molecule has 0 aliphatic carbocycles. The Bertz CT molecular complexity index is 1560. The fourth-order valence-corrected chi connectivity index (χ4v) is 4.00. The van der Waals surface area contributed by atoms with E-state index >= 15 is 0 Å². The van der Waals surface area contributed by atoms with Crippen molar-refractivity contribution in [2.24, 2.45) is 5.16 Å². The normalized spacial score (nSPS) is 12.0. The van der Waals surface area contributed by atoms with Gasteiger partial charge in [0, 0.05) is 34.1 Å². The van der Waals surface area contributed by atoms with Gasteiger partial charge >= 0.3 is 0 Å². The second kappa shape index (κ2) is 13.6. The van der Waals surface area contributed by atoms with Gasteiger partial charge in [-0.15, -0.1) is 0 Å². The van der Waals surface area contributed by atoms with Gasteiger partial charge in [0.2, 0.25) is 0 Å². The Morgan fingerprint density at radius 3 is 2.46 bits per heavy atom. The third-order valence-corrected chi connectivity index (χ3v) is 6.08. The number of ketones is 1. The Balaban J connectivity index is 1.69. The maximum Gasteiger partial charge on any atom is 0.283 e. The van der Waals surface area contributed by atoms with Crippen molar-refractivity contribution < 1.29 is 19.5 Å². The second-order valence-electron chi connectivity index (χ2n) is 7.86. The van der Waals surface area contributed by atoms with E-state index in [1.54, 1.807) is 79.0 Å². The average molecular weight is 581 g/mol. The van der Waals surface area contributed by atoms with Crippen LogP contribution >= 0.6 is 34.8 Å². The first-order valence-corrected chi connectivity index (χ1v) is 12.6. The van der Waals surface area contributed by atoms with Crippen LogP contribution in [0.4, 0.5) is 0 Å². The van der Waals surface area contributed by atoms with Crippen LogP contribution in [0.3, 0.4) is 0 Å². The molecule has 0 saturated carbocycles. The number of aromatic nitrogens is 2. The molecule has 2 heterocycles. The van der Waals surface area contributed by atoms with Crippen LogP contribution in [-0.2, 0) is 16.1 Å². The summed E-state index contributed by atoms with van der Waals surface area (Å²) < 4.78 is 12.0. The van der Waals surface area contributed by atoms with Gasteiger partial charge in [-0.3, -0.25) is 9.78 Å². The number of oxime groups is 1. The molecule has 2 aromatic heterocycles. The maximum absolute atomic E-state index is 13.0. The Hall–Kier alpha value is -4.17. The standard InChI is InChI=1S/C29H20Cl3N3O4/c30-20-11-10-19(25(32)16-20)18-38-26-9-2-1-7-23(26)27(17-22(36)13-12-21-6-3-4-14-33-21)39-29(35-37)28-24(31)8-5-15-34-28/h1-17,37H,18H2. The predicted molar refractivity (Wildman–Crippen MR) is 152 cm³/mol. The molecule has 0 bridgehead atoms. The summed E-state index contributed by atoms with van der Waals surface area (Å²) in [7, 11) is 0. The van der Waals surface area contributed by atoms with Gasteiger partial charge in [-0.1, -0.05) is 59.1 Å². The van der Waals surface area contributed by atoms with E-state index in [2.05, 4.69) is 15.1 Å². The highest BCUT2D eigenvalue weighted by Crippen LogP contribution is 2.30. The van der Waals surface area contributed by atoms with Gasteiger partial charge in [-0.05, 0) is 65.8 Å². The van der Waals surface area contributed by atoms with Crippen LogP contribution in [-0.4, -0.2) is 26.9 Å². The van der Waals surface area contributed by atoms with Crippen LogP contribution in [0.5, 0.6) is 5.75 Å². The molecule has 0 saturated heterocycles. The lowest BCUT2D eigenvalue weighted by atomic mass is 10.1. The van der Waals surface area contributed by atoms with Crippen molar-refractivity contribution in [3.05, 3.63) is 135 Å². The zero-order valence-electron chi connectivity index (χ0n) is 20.2. The van der Waals surface area contributed by atoms with Crippen LogP contribution in [0, 0.1) is 0 Å². The molecular formula is C29H20Cl3N3O4. The summed E-state index contributed by atoms with van der Waals surface area (Å²) in [5.41, 5.74) is 1.78.